The lowest BCUT2D eigenvalue weighted by Gasteiger charge is -2.11. The van der Waals surface area contributed by atoms with Crippen molar-refractivity contribution in [2.45, 2.75) is 0 Å². The van der Waals surface area contributed by atoms with E-state index in [1.807, 2.05) is 0 Å². The van der Waals surface area contributed by atoms with Crippen molar-refractivity contribution in [2.24, 2.45) is 0 Å². The van der Waals surface area contributed by atoms with Crippen LogP contribution in [0.25, 0.3) is 16.3 Å². The van der Waals surface area contributed by atoms with Gasteiger partial charge in [0.2, 0.25) is 0 Å². The maximum absolute atomic E-state index is 14.2. The molecule has 0 saturated carbocycles. The Labute approximate surface area is 145 Å². The molecule has 0 fully saturated rings. The average molecular weight is 364 g/mol. The Morgan fingerprint density at radius 3 is 2.79 bits per heavy atom. The molecule has 0 aliphatic heterocycles. The summed E-state index contributed by atoms with van der Waals surface area (Å²) in [4.78, 5) is 20.5. The van der Waals surface area contributed by atoms with Gasteiger partial charge in [-0.3, -0.25) is 0 Å². The number of nitrogens with zero attached hydrogens (tertiary/aromatic N) is 5. The average Bonchev–Trinajstić information content (AvgIpc) is 3.10. The van der Waals surface area contributed by atoms with Crippen LogP contribution in [0.3, 0.4) is 0 Å². The first-order valence-electron chi connectivity index (χ1n) is 6.64. The Bertz CT molecular complexity index is 914. The van der Waals surface area contributed by atoms with Crippen molar-refractivity contribution in [1.29, 1.82) is 0 Å². The molecule has 24 heavy (non-hydrogen) atoms. The van der Waals surface area contributed by atoms with Crippen molar-refractivity contribution in [3.8, 4) is 10.7 Å². The molecule has 0 atom stereocenters. The molecular formula is C14H11ClFN7S. The van der Waals surface area contributed by atoms with Crippen molar-refractivity contribution < 1.29 is 4.39 Å². The first kappa shape index (κ1) is 16.2. The molecule has 0 saturated heterocycles. The van der Waals surface area contributed by atoms with E-state index >= 15 is 0 Å². The smallest absolute Gasteiger partial charge is 0.193 e. The largest absolute Gasteiger partial charge is 0.381 e. The van der Waals surface area contributed by atoms with Gasteiger partial charge in [0.05, 0.1) is 6.20 Å². The number of nitrogens with one attached hydrogen (secondary N) is 1. The summed E-state index contributed by atoms with van der Waals surface area (Å²) in [5.74, 6) is -0.473. The fourth-order valence-corrected chi connectivity index (χ4v) is 2.70. The SMILES string of the molecule is C=C(c1nc(N)c(F)c(-c2nccs2)n1)c1nc(Cl)cnc1NC. The van der Waals surface area contributed by atoms with Crippen molar-refractivity contribution in [2.75, 3.05) is 18.1 Å². The lowest BCUT2D eigenvalue weighted by atomic mass is 10.2. The van der Waals surface area contributed by atoms with E-state index in [1.54, 1.807) is 18.6 Å². The molecule has 0 bridgehead atoms. The molecule has 0 aliphatic rings. The van der Waals surface area contributed by atoms with E-state index in [9.17, 15) is 4.39 Å². The summed E-state index contributed by atoms with van der Waals surface area (Å²) in [5, 5.41) is 5.16. The van der Waals surface area contributed by atoms with Crippen LogP contribution in [-0.2, 0) is 0 Å². The molecule has 0 unspecified atom stereocenters. The zero-order valence-electron chi connectivity index (χ0n) is 12.4. The van der Waals surface area contributed by atoms with Crippen LogP contribution in [0.4, 0.5) is 16.0 Å². The Kier molecular flexibility index (Phi) is 4.36. The van der Waals surface area contributed by atoms with E-state index in [0.29, 0.717) is 22.1 Å². The van der Waals surface area contributed by atoms with E-state index in [1.165, 1.54) is 17.5 Å². The summed E-state index contributed by atoms with van der Waals surface area (Å²) in [7, 11) is 1.68. The van der Waals surface area contributed by atoms with Gasteiger partial charge >= 0.3 is 0 Å². The molecule has 7 nitrogen and oxygen atoms in total. The van der Waals surface area contributed by atoms with Gasteiger partial charge in [0.1, 0.15) is 21.5 Å². The Morgan fingerprint density at radius 1 is 1.33 bits per heavy atom. The first-order valence-corrected chi connectivity index (χ1v) is 7.89. The maximum Gasteiger partial charge on any atom is 0.193 e. The normalized spacial score (nSPS) is 10.6. The second-order valence-electron chi connectivity index (χ2n) is 4.55. The molecule has 10 heteroatoms. The van der Waals surface area contributed by atoms with Gasteiger partial charge in [-0.15, -0.1) is 11.3 Å². The lowest BCUT2D eigenvalue weighted by Crippen LogP contribution is -2.08. The number of hydrogen-bond donors (Lipinski definition) is 2. The van der Waals surface area contributed by atoms with E-state index in [2.05, 4.69) is 36.8 Å². The highest BCUT2D eigenvalue weighted by Crippen LogP contribution is 2.29. The highest BCUT2D eigenvalue weighted by molar-refractivity contribution is 7.13. The van der Waals surface area contributed by atoms with Gasteiger partial charge in [-0.05, 0) is 0 Å². The second-order valence-corrected chi connectivity index (χ2v) is 5.83. The third-order valence-electron chi connectivity index (χ3n) is 3.05. The van der Waals surface area contributed by atoms with Crippen LogP contribution in [0.15, 0.2) is 24.4 Å². The number of rotatable bonds is 4. The molecule has 3 aromatic heterocycles. The zero-order chi connectivity index (χ0) is 17.3. The molecule has 0 aromatic carbocycles. The lowest BCUT2D eigenvalue weighted by molar-refractivity contribution is 0.623. The Hall–Kier alpha value is -2.65. The molecule has 0 aliphatic carbocycles. The zero-order valence-corrected chi connectivity index (χ0v) is 14.0. The number of nitrogen functional groups attached to an aromatic ring is 1. The van der Waals surface area contributed by atoms with Crippen molar-refractivity contribution in [3.05, 3.63) is 46.8 Å². The molecule has 122 valence electrons. The molecule has 3 N–H and O–H groups in total. The number of hydrogen-bond acceptors (Lipinski definition) is 8. The van der Waals surface area contributed by atoms with Crippen molar-refractivity contribution in [1.82, 2.24) is 24.9 Å². The summed E-state index contributed by atoms with van der Waals surface area (Å²) < 4.78 is 14.2. The molecule has 3 rings (SSSR count). The van der Waals surface area contributed by atoms with E-state index in [4.69, 9.17) is 17.3 Å². The summed E-state index contributed by atoms with van der Waals surface area (Å²) in [6, 6.07) is 0. The van der Waals surface area contributed by atoms with Gasteiger partial charge in [0.25, 0.3) is 0 Å². The predicted molar refractivity (Wildman–Crippen MR) is 92.2 cm³/mol. The van der Waals surface area contributed by atoms with Crippen LogP contribution < -0.4 is 11.1 Å². The van der Waals surface area contributed by atoms with Gasteiger partial charge < -0.3 is 11.1 Å². The highest BCUT2D eigenvalue weighted by Gasteiger charge is 2.20. The summed E-state index contributed by atoms with van der Waals surface area (Å²) in [6.07, 6.45) is 2.94. The van der Waals surface area contributed by atoms with Gasteiger partial charge in [-0.25, -0.2) is 29.3 Å². The van der Waals surface area contributed by atoms with Crippen LogP contribution in [0.1, 0.15) is 11.5 Å². The van der Waals surface area contributed by atoms with Crippen molar-refractivity contribution >= 4 is 40.1 Å². The Balaban J connectivity index is 2.13. The third kappa shape index (κ3) is 2.91. The number of halogens is 2. The van der Waals surface area contributed by atoms with Gasteiger partial charge in [0, 0.05) is 24.2 Å². The van der Waals surface area contributed by atoms with Crippen LogP contribution in [0, 0.1) is 5.82 Å². The predicted octanol–water partition coefficient (Wildman–Crippen LogP) is 2.87. The summed E-state index contributed by atoms with van der Waals surface area (Å²) >= 11 is 7.14. The molecule has 3 aromatic rings. The summed E-state index contributed by atoms with van der Waals surface area (Å²) in [6.45, 7) is 3.92. The minimum Gasteiger partial charge on any atom is -0.381 e. The number of anilines is 2. The maximum atomic E-state index is 14.2. The van der Waals surface area contributed by atoms with Gasteiger partial charge in [0.15, 0.2) is 23.3 Å². The van der Waals surface area contributed by atoms with E-state index in [-0.39, 0.29) is 22.5 Å². The fraction of sp³-hybridized carbons (Fsp3) is 0.0714. The van der Waals surface area contributed by atoms with Gasteiger partial charge in [-0.2, -0.15) is 0 Å². The molecule has 0 radical (unpaired) electrons. The molecular weight excluding hydrogens is 353 g/mol. The number of thiazole rings is 1. The standard InChI is InChI=1S/C14H11ClFN7S/c1-6(9-13(18-2)20-5-7(15)21-9)12-22-10(8(16)11(17)23-12)14-19-3-4-24-14/h3-5H,1H2,2H3,(H,18,20)(H2,17,22,23). The highest BCUT2D eigenvalue weighted by atomic mass is 35.5. The fourth-order valence-electron chi connectivity index (χ4n) is 1.95. The quantitative estimate of drug-likeness (QED) is 0.734. The van der Waals surface area contributed by atoms with Crippen LogP contribution in [0.5, 0.6) is 0 Å². The minimum absolute atomic E-state index is 0.00893. The number of aromatic nitrogens is 5. The van der Waals surface area contributed by atoms with Gasteiger partial charge in [-0.1, -0.05) is 18.2 Å². The van der Waals surface area contributed by atoms with Crippen LogP contribution in [-0.4, -0.2) is 32.0 Å². The minimum atomic E-state index is -0.729. The topological polar surface area (TPSA) is 102 Å². The van der Waals surface area contributed by atoms with Crippen LogP contribution >= 0.6 is 22.9 Å². The second kappa shape index (κ2) is 6.46. The molecule has 0 spiro atoms. The third-order valence-corrected chi connectivity index (χ3v) is 4.01. The van der Waals surface area contributed by atoms with Crippen LogP contribution in [0.2, 0.25) is 5.15 Å². The van der Waals surface area contributed by atoms with E-state index < -0.39 is 5.82 Å². The molecule has 3 heterocycles. The van der Waals surface area contributed by atoms with Crippen molar-refractivity contribution in [3.63, 3.8) is 0 Å². The first-order chi connectivity index (χ1) is 11.5. The Morgan fingerprint density at radius 2 is 2.12 bits per heavy atom. The monoisotopic (exact) mass is 363 g/mol. The summed E-state index contributed by atoms with van der Waals surface area (Å²) in [5.41, 5.74) is 6.34. The van der Waals surface area contributed by atoms with E-state index in [0.717, 1.165) is 0 Å². The molecule has 0 amide bonds. The number of nitrogens with two attached hydrogens (primary N) is 1.